The molecule has 5 nitrogen and oxygen atoms in total. The molecule has 0 unspecified atom stereocenters. The number of benzene rings is 2. The highest BCUT2D eigenvalue weighted by atomic mass is 35.5. The third kappa shape index (κ3) is 5.14. The van der Waals surface area contributed by atoms with Crippen LogP contribution in [0, 0.1) is 10.1 Å². The predicted octanol–water partition coefficient (Wildman–Crippen LogP) is 4.97. The first-order chi connectivity index (χ1) is 10.5. The van der Waals surface area contributed by atoms with Gasteiger partial charge in [-0.2, -0.15) is 5.10 Å². The monoisotopic (exact) mass is 353 g/mol. The number of nitrogens with zero attached hydrogens (tertiary/aromatic N) is 3. The molecule has 0 atom stereocenters. The fourth-order valence-electron chi connectivity index (χ4n) is 1.44. The molecule has 112 valence electrons. The summed E-state index contributed by atoms with van der Waals surface area (Å²) in [6.07, 6.45) is 1.47. The van der Waals surface area contributed by atoms with Gasteiger partial charge >= 0.3 is 0 Å². The van der Waals surface area contributed by atoms with E-state index in [9.17, 15) is 10.1 Å². The molecule has 0 saturated heterocycles. The summed E-state index contributed by atoms with van der Waals surface area (Å²) in [5, 5.41) is 18.9. The van der Waals surface area contributed by atoms with E-state index < -0.39 is 4.92 Å². The summed E-state index contributed by atoms with van der Waals surface area (Å²) in [6, 6.07) is 13.1. The normalized spacial score (nSPS) is 11.8. The van der Waals surface area contributed by atoms with Crippen molar-refractivity contribution in [1.29, 1.82) is 0 Å². The van der Waals surface area contributed by atoms with Gasteiger partial charge in [-0.3, -0.25) is 10.1 Å². The summed E-state index contributed by atoms with van der Waals surface area (Å²) in [5.41, 5.74) is 0.715. The summed E-state index contributed by atoms with van der Waals surface area (Å²) in [4.78, 5) is 11.0. The Labute approximate surface area is 140 Å². The maximum atomic E-state index is 10.5. The Morgan fingerprint density at radius 3 is 2.36 bits per heavy atom. The van der Waals surface area contributed by atoms with E-state index in [1.165, 1.54) is 30.1 Å². The molecule has 22 heavy (non-hydrogen) atoms. The number of nitro benzene ring substituents is 1. The van der Waals surface area contributed by atoms with Crippen LogP contribution < -0.4 is 0 Å². The fourth-order valence-corrected chi connectivity index (χ4v) is 2.43. The molecule has 0 spiro atoms. The van der Waals surface area contributed by atoms with Crippen molar-refractivity contribution < 1.29 is 4.92 Å². The number of thioether (sulfide) groups is 1. The number of hydrogen-bond donors (Lipinski definition) is 0. The minimum absolute atomic E-state index is 0.0250. The van der Waals surface area contributed by atoms with Crippen LogP contribution in [0.15, 0.2) is 63.6 Å². The number of halogens is 2. The average molecular weight is 354 g/mol. The van der Waals surface area contributed by atoms with Gasteiger partial charge in [0.05, 0.1) is 11.1 Å². The quantitative estimate of drug-likeness (QED) is 0.256. The van der Waals surface area contributed by atoms with Crippen molar-refractivity contribution in [3.8, 4) is 0 Å². The first-order valence-corrected chi connectivity index (χ1v) is 7.56. The van der Waals surface area contributed by atoms with Crippen molar-refractivity contribution in [2.75, 3.05) is 0 Å². The lowest BCUT2D eigenvalue weighted by Crippen LogP contribution is -1.88. The van der Waals surface area contributed by atoms with E-state index in [0.29, 0.717) is 10.6 Å². The van der Waals surface area contributed by atoms with Gasteiger partial charge in [0.15, 0.2) is 4.50 Å². The zero-order chi connectivity index (χ0) is 15.9. The zero-order valence-electron chi connectivity index (χ0n) is 11.0. The van der Waals surface area contributed by atoms with Crippen LogP contribution in [0.25, 0.3) is 0 Å². The lowest BCUT2D eigenvalue weighted by atomic mass is 10.2. The summed E-state index contributed by atoms with van der Waals surface area (Å²) in [6.45, 7) is 0. The molecule has 2 rings (SSSR count). The highest BCUT2D eigenvalue weighted by Gasteiger charge is 2.02. The molecule has 0 aliphatic carbocycles. The summed E-state index contributed by atoms with van der Waals surface area (Å²) in [5.74, 6) is 0. The molecule has 0 aliphatic rings. The minimum atomic E-state index is -0.460. The molecular weight excluding hydrogens is 345 g/mol. The predicted molar refractivity (Wildman–Crippen MR) is 91.3 cm³/mol. The van der Waals surface area contributed by atoms with Crippen molar-refractivity contribution in [1.82, 2.24) is 0 Å². The highest BCUT2D eigenvalue weighted by Crippen LogP contribution is 2.23. The molecule has 0 fully saturated rings. The Morgan fingerprint density at radius 2 is 1.77 bits per heavy atom. The second-order valence-electron chi connectivity index (χ2n) is 4.00. The van der Waals surface area contributed by atoms with Crippen LogP contribution in [0.3, 0.4) is 0 Å². The lowest BCUT2D eigenvalue weighted by Gasteiger charge is -1.97. The topological polar surface area (TPSA) is 67.9 Å². The second-order valence-corrected chi connectivity index (χ2v) is 6.08. The summed E-state index contributed by atoms with van der Waals surface area (Å²) >= 11 is 13.0. The van der Waals surface area contributed by atoms with E-state index in [-0.39, 0.29) is 10.2 Å². The standard InChI is InChI=1S/C14H9Cl2N3O2S/c15-11-3-7-13(8-4-11)22-14(16)18-17-9-10-1-5-12(6-2-10)19(20)21/h1-9H/b17-9-,18-14+. The lowest BCUT2D eigenvalue weighted by molar-refractivity contribution is -0.384. The van der Waals surface area contributed by atoms with Crippen molar-refractivity contribution in [3.63, 3.8) is 0 Å². The first kappa shape index (κ1) is 16.5. The van der Waals surface area contributed by atoms with Crippen molar-refractivity contribution >= 4 is 51.4 Å². The maximum absolute atomic E-state index is 10.5. The Morgan fingerprint density at radius 1 is 1.14 bits per heavy atom. The van der Waals surface area contributed by atoms with Gasteiger partial charge in [-0.25, -0.2) is 0 Å². The van der Waals surface area contributed by atoms with Crippen LogP contribution in [-0.2, 0) is 0 Å². The van der Waals surface area contributed by atoms with Gasteiger partial charge in [-0.15, -0.1) is 5.10 Å². The molecule has 0 N–H and O–H groups in total. The summed E-state index contributed by atoms with van der Waals surface area (Å²) < 4.78 is 0.250. The van der Waals surface area contributed by atoms with E-state index in [4.69, 9.17) is 23.2 Å². The summed E-state index contributed by atoms with van der Waals surface area (Å²) in [7, 11) is 0. The molecule has 2 aromatic carbocycles. The van der Waals surface area contributed by atoms with Gasteiger partial charge < -0.3 is 0 Å². The van der Waals surface area contributed by atoms with E-state index in [1.807, 2.05) is 12.1 Å². The van der Waals surface area contributed by atoms with Crippen molar-refractivity contribution in [2.45, 2.75) is 4.90 Å². The SMILES string of the molecule is O=[N+]([O-])c1ccc(/C=N\N=C(/Cl)Sc2ccc(Cl)cc2)cc1. The van der Waals surface area contributed by atoms with E-state index in [0.717, 1.165) is 4.90 Å². The number of non-ortho nitro benzene ring substituents is 1. The van der Waals surface area contributed by atoms with Crippen LogP contribution >= 0.6 is 35.0 Å². The largest absolute Gasteiger partial charge is 0.269 e. The Hall–Kier alpha value is -1.89. The minimum Gasteiger partial charge on any atom is -0.258 e. The third-order valence-electron chi connectivity index (χ3n) is 2.46. The van der Waals surface area contributed by atoms with Gasteiger partial charge in [0.25, 0.3) is 5.69 Å². The van der Waals surface area contributed by atoms with Crippen LogP contribution in [0.4, 0.5) is 5.69 Å². The van der Waals surface area contributed by atoms with Crippen LogP contribution in [0.1, 0.15) is 5.56 Å². The Balaban J connectivity index is 1.97. The van der Waals surface area contributed by atoms with E-state index >= 15 is 0 Å². The average Bonchev–Trinajstić information content (AvgIpc) is 2.50. The highest BCUT2D eigenvalue weighted by molar-refractivity contribution is 8.16. The van der Waals surface area contributed by atoms with Gasteiger partial charge in [-0.05, 0) is 42.0 Å². The molecule has 0 aliphatic heterocycles. The Kier molecular flexibility index (Phi) is 5.94. The number of nitro groups is 1. The molecule has 0 aromatic heterocycles. The second kappa shape index (κ2) is 7.93. The molecule has 0 saturated carbocycles. The molecule has 0 bridgehead atoms. The molecule has 0 radical (unpaired) electrons. The van der Waals surface area contributed by atoms with Gasteiger partial charge in [0, 0.05) is 22.1 Å². The first-order valence-electron chi connectivity index (χ1n) is 5.99. The smallest absolute Gasteiger partial charge is 0.258 e. The molecular formula is C14H9Cl2N3O2S. The van der Waals surface area contributed by atoms with E-state index in [2.05, 4.69) is 10.2 Å². The molecule has 8 heteroatoms. The maximum Gasteiger partial charge on any atom is 0.269 e. The fraction of sp³-hybridized carbons (Fsp3) is 0. The van der Waals surface area contributed by atoms with Gasteiger partial charge in [-0.1, -0.05) is 35.0 Å². The molecule has 2 aromatic rings. The molecule has 0 heterocycles. The van der Waals surface area contributed by atoms with Crippen molar-refractivity contribution in [3.05, 3.63) is 69.2 Å². The number of hydrogen-bond acceptors (Lipinski definition) is 5. The Bertz CT molecular complexity index is 716. The zero-order valence-corrected chi connectivity index (χ0v) is 13.3. The third-order valence-corrected chi connectivity index (χ3v) is 3.78. The van der Waals surface area contributed by atoms with E-state index in [1.54, 1.807) is 24.3 Å². The van der Waals surface area contributed by atoms with Crippen LogP contribution in [0.5, 0.6) is 0 Å². The van der Waals surface area contributed by atoms with Crippen molar-refractivity contribution in [2.24, 2.45) is 10.2 Å². The van der Waals surface area contributed by atoms with Gasteiger partial charge in [0.1, 0.15) is 0 Å². The van der Waals surface area contributed by atoms with Crippen LogP contribution in [-0.4, -0.2) is 15.6 Å². The molecule has 0 amide bonds. The number of rotatable bonds is 4. The van der Waals surface area contributed by atoms with Crippen LogP contribution in [0.2, 0.25) is 5.02 Å². The van der Waals surface area contributed by atoms with Gasteiger partial charge in [0.2, 0.25) is 0 Å².